The molecule has 6 nitrogen and oxygen atoms in total. The standard InChI is InChI=1S/C16H20N2O4/c1-16(2,3)22-14(19)17-9-8-11(10-17)18-12-6-4-5-7-13(12)21-15(18)20/h4-7,11H,8-10H2,1-3H3/t11-/m1/s1. The summed E-state index contributed by atoms with van der Waals surface area (Å²) in [5.41, 5.74) is 0.820. The number of oxazole rings is 1. The number of aromatic nitrogens is 1. The zero-order chi connectivity index (χ0) is 15.9. The molecule has 1 atom stereocenters. The Balaban J connectivity index is 1.82. The van der Waals surface area contributed by atoms with Crippen molar-refractivity contribution in [2.75, 3.05) is 13.1 Å². The van der Waals surface area contributed by atoms with Gasteiger partial charge >= 0.3 is 11.8 Å². The van der Waals surface area contributed by atoms with Gasteiger partial charge in [0, 0.05) is 13.1 Å². The van der Waals surface area contributed by atoms with Gasteiger partial charge in [-0.25, -0.2) is 9.59 Å². The van der Waals surface area contributed by atoms with E-state index in [0.717, 1.165) is 5.52 Å². The monoisotopic (exact) mass is 304 g/mol. The summed E-state index contributed by atoms with van der Waals surface area (Å²) >= 11 is 0. The van der Waals surface area contributed by atoms with Gasteiger partial charge < -0.3 is 14.1 Å². The highest BCUT2D eigenvalue weighted by Crippen LogP contribution is 2.26. The van der Waals surface area contributed by atoms with Crippen LogP contribution in [0.1, 0.15) is 33.2 Å². The van der Waals surface area contributed by atoms with Crippen molar-refractivity contribution in [1.82, 2.24) is 9.47 Å². The Morgan fingerprint density at radius 2 is 2.05 bits per heavy atom. The van der Waals surface area contributed by atoms with E-state index in [4.69, 9.17) is 9.15 Å². The summed E-state index contributed by atoms with van der Waals surface area (Å²) in [5.74, 6) is -0.378. The van der Waals surface area contributed by atoms with Gasteiger partial charge in [-0.15, -0.1) is 0 Å². The largest absolute Gasteiger partial charge is 0.444 e. The third-order valence-electron chi connectivity index (χ3n) is 3.70. The number of ether oxygens (including phenoxy) is 1. The summed E-state index contributed by atoms with van der Waals surface area (Å²) in [5, 5.41) is 0. The van der Waals surface area contributed by atoms with Crippen LogP contribution >= 0.6 is 0 Å². The van der Waals surface area contributed by atoms with Gasteiger partial charge in [0.15, 0.2) is 5.58 Å². The van der Waals surface area contributed by atoms with Crippen molar-refractivity contribution in [3.05, 3.63) is 34.8 Å². The molecule has 1 aromatic heterocycles. The summed E-state index contributed by atoms with van der Waals surface area (Å²) in [6.07, 6.45) is 0.374. The van der Waals surface area contributed by atoms with Gasteiger partial charge in [-0.05, 0) is 39.3 Å². The number of para-hydroxylation sites is 2. The third kappa shape index (κ3) is 2.73. The van der Waals surface area contributed by atoms with Crippen LogP contribution in [0.15, 0.2) is 33.5 Å². The van der Waals surface area contributed by atoms with Crippen molar-refractivity contribution in [1.29, 1.82) is 0 Å². The fourth-order valence-corrected chi connectivity index (χ4v) is 2.77. The maximum Gasteiger partial charge on any atom is 0.420 e. The Kier molecular flexibility index (Phi) is 3.47. The molecule has 6 heteroatoms. The summed E-state index contributed by atoms with van der Waals surface area (Å²) in [7, 11) is 0. The van der Waals surface area contributed by atoms with Gasteiger partial charge in [0.1, 0.15) is 5.60 Å². The lowest BCUT2D eigenvalue weighted by Gasteiger charge is -2.24. The molecule has 1 aliphatic rings. The number of hydrogen-bond acceptors (Lipinski definition) is 4. The number of likely N-dealkylation sites (tertiary alicyclic amines) is 1. The maximum atomic E-state index is 12.1. The lowest BCUT2D eigenvalue weighted by atomic mass is 10.2. The van der Waals surface area contributed by atoms with Gasteiger partial charge in [0.05, 0.1) is 11.6 Å². The van der Waals surface area contributed by atoms with Crippen LogP contribution in [0.5, 0.6) is 0 Å². The second-order valence-electron chi connectivity index (χ2n) is 6.57. The van der Waals surface area contributed by atoms with Gasteiger partial charge in [-0.2, -0.15) is 0 Å². The summed E-state index contributed by atoms with van der Waals surface area (Å²) in [6, 6.07) is 7.25. The van der Waals surface area contributed by atoms with E-state index >= 15 is 0 Å². The molecule has 2 heterocycles. The van der Waals surface area contributed by atoms with E-state index in [2.05, 4.69) is 0 Å². The molecule has 3 rings (SSSR count). The molecule has 0 N–H and O–H groups in total. The van der Waals surface area contributed by atoms with Crippen LogP contribution in [0.25, 0.3) is 11.1 Å². The number of amides is 1. The first-order chi connectivity index (χ1) is 10.3. The Hall–Kier alpha value is -2.24. The van der Waals surface area contributed by atoms with E-state index in [0.29, 0.717) is 25.1 Å². The van der Waals surface area contributed by atoms with Crippen molar-refractivity contribution in [2.45, 2.75) is 38.8 Å². The van der Waals surface area contributed by atoms with E-state index in [9.17, 15) is 9.59 Å². The van der Waals surface area contributed by atoms with E-state index in [1.165, 1.54) is 0 Å². The van der Waals surface area contributed by atoms with Crippen LogP contribution < -0.4 is 5.76 Å². The highest BCUT2D eigenvalue weighted by atomic mass is 16.6. The molecule has 1 aliphatic heterocycles. The Morgan fingerprint density at radius 1 is 1.32 bits per heavy atom. The highest BCUT2D eigenvalue weighted by Gasteiger charge is 2.32. The molecule has 1 fully saturated rings. The molecule has 1 amide bonds. The quantitative estimate of drug-likeness (QED) is 0.812. The van der Waals surface area contributed by atoms with Crippen molar-refractivity contribution >= 4 is 17.2 Å². The Bertz CT molecular complexity index is 753. The lowest BCUT2D eigenvalue weighted by molar-refractivity contribution is 0.0289. The summed E-state index contributed by atoms with van der Waals surface area (Å²) < 4.78 is 12.3. The number of hydrogen-bond donors (Lipinski definition) is 0. The molecule has 0 bridgehead atoms. The third-order valence-corrected chi connectivity index (χ3v) is 3.70. The summed E-state index contributed by atoms with van der Waals surface area (Å²) in [4.78, 5) is 25.9. The van der Waals surface area contributed by atoms with Crippen LogP contribution in [0.3, 0.4) is 0 Å². The highest BCUT2D eigenvalue weighted by molar-refractivity contribution is 5.73. The predicted molar refractivity (Wildman–Crippen MR) is 81.9 cm³/mol. The molecule has 0 saturated carbocycles. The van der Waals surface area contributed by atoms with E-state index in [-0.39, 0.29) is 17.9 Å². The first-order valence-corrected chi connectivity index (χ1v) is 7.43. The molecule has 22 heavy (non-hydrogen) atoms. The van der Waals surface area contributed by atoms with Crippen molar-refractivity contribution in [2.24, 2.45) is 0 Å². The average Bonchev–Trinajstić information content (AvgIpc) is 2.99. The molecule has 0 aliphatic carbocycles. The first kappa shape index (κ1) is 14.7. The van der Waals surface area contributed by atoms with Crippen molar-refractivity contribution in [3.63, 3.8) is 0 Å². The minimum atomic E-state index is -0.519. The van der Waals surface area contributed by atoms with Gasteiger partial charge in [-0.1, -0.05) is 12.1 Å². The zero-order valence-corrected chi connectivity index (χ0v) is 13.0. The minimum Gasteiger partial charge on any atom is -0.444 e. The second kappa shape index (κ2) is 5.19. The molecule has 1 saturated heterocycles. The number of benzene rings is 1. The summed E-state index contributed by atoms with van der Waals surface area (Å²) in [6.45, 7) is 6.55. The topological polar surface area (TPSA) is 64.7 Å². The molecular formula is C16H20N2O4. The zero-order valence-electron chi connectivity index (χ0n) is 13.0. The van der Waals surface area contributed by atoms with Crippen LogP contribution in [0.2, 0.25) is 0 Å². The molecule has 118 valence electrons. The molecule has 1 aromatic carbocycles. The van der Waals surface area contributed by atoms with E-state index in [1.807, 2.05) is 39.0 Å². The fourth-order valence-electron chi connectivity index (χ4n) is 2.77. The number of nitrogens with zero attached hydrogens (tertiary/aromatic N) is 2. The van der Waals surface area contributed by atoms with Crippen molar-refractivity contribution < 1.29 is 13.9 Å². The lowest BCUT2D eigenvalue weighted by Crippen LogP contribution is -2.36. The SMILES string of the molecule is CC(C)(C)OC(=O)N1CC[C@@H](n2c(=O)oc3ccccc32)C1. The van der Waals surface area contributed by atoms with Crippen LogP contribution in [0.4, 0.5) is 4.79 Å². The minimum absolute atomic E-state index is 0.0799. The van der Waals surface area contributed by atoms with Crippen LogP contribution in [0, 0.1) is 0 Å². The average molecular weight is 304 g/mol. The van der Waals surface area contributed by atoms with Gasteiger partial charge in [0.25, 0.3) is 0 Å². The molecule has 0 unspecified atom stereocenters. The smallest absolute Gasteiger partial charge is 0.420 e. The molecule has 0 spiro atoms. The molecule has 2 aromatic rings. The van der Waals surface area contributed by atoms with Crippen LogP contribution in [-0.2, 0) is 4.74 Å². The number of rotatable bonds is 1. The Labute approximate surface area is 128 Å². The predicted octanol–water partition coefficient (Wildman–Crippen LogP) is 2.78. The van der Waals surface area contributed by atoms with Crippen LogP contribution in [-0.4, -0.2) is 34.3 Å². The van der Waals surface area contributed by atoms with Crippen molar-refractivity contribution in [3.8, 4) is 0 Å². The second-order valence-corrected chi connectivity index (χ2v) is 6.57. The number of carbonyl (C=O) groups is 1. The normalized spacial score (nSPS) is 18.9. The first-order valence-electron chi connectivity index (χ1n) is 7.43. The fraction of sp³-hybridized carbons (Fsp3) is 0.500. The Morgan fingerprint density at radius 3 is 2.77 bits per heavy atom. The van der Waals surface area contributed by atoms with Gasteiger partial charge in [0.2, 0.25) is 0 Å². The maximum absolute atomic E-state index is 12.1. The van der Waals surface area contributed by atoms with E-state index in [1.54, 1.807) is 15.5 Å². The molecule has 0 radical (unpaired) electrons. The van der Waals surface area contributed by atoms with Gasteiger partial charge in [-0.3, -0.25) is 4.57 Å². The molecular weight excluding hydrogens is 284 g/mol. The number of fused-ring (bicyclic) bond motifs is 1. The number of carbonyl (C=O) groups excluding carboxylic acids is 1. The van der Waals surface area contributed by atoms with E-state index < -0.39 is 5.60 Å².